The molecule has 0 aliphatic heterocycles. The van der Waals surface area contributed by atoms with E-state index in [2.05, 4.69) is 23.8 Å². The minimum Gasteiger partial charge on any atom is -0.395 e. The number of aromatic nitrogens is 1. The van der Waals surface area contributed by atoms with Crippen molar-refractivity contribution in [2.24, 2.45) is 0 Å². The average Bonchev–Trinajstić information content (AvgIpc) is 2.41. The number of rotatable bonds is 9. The van der Waals surface area contributed by atoms with E-state index < -0.39 is 0 Å². The van der Waals surface area contributed by atoms with Crippen LogP contribution in [0.2, 0.25) is 5.02 Å². The summed E-state index contributed by atoms with van der Waals surface area (Å²) in [7, 11) is 0. The van der Waals surface area contributed by atoms with Crippen LogP contribution < -0.4 is 10.2 Å². The van der Waals surface area contributed by atoms with Crippen LogP contribution in [0.1, 0.15) is 19.0 Å². The molecule has 5 heteroatoms. The van der Waals surface area contributed by atoms with Gasteiger partial charge in [0.15, 0.2) is 0 Å². The van der Waals surface area contributed by atoms with Crippen LogP contribution in [0.25, 0.3) is 0 Å². The van der Waals surface area contributed by atoms with Crippen molar-refractivity contribution in [3.8, 4) is 0 Å². The second-order valence-corrected chi connectivity index (χ2v) is 4.64. The summed E-state index contributed by atoms with van der Waals surface area (Å²) in [5.41, 5.74) is 0.833. The third kappa shape index (κ3) is 5.19. The van der Waals surface area contributed by atoms with Gasteiger partial charge in [-0.1, -0.05) is 24.6 Å². The Morgan fingerprint density at radius 1 is 1.53 bits per heavy atom. The first-order valence-corrected chi connectivity index (χ1v) is 6.93. The van der Waals surface area contributed by atoms with Crippen LogP contribution in [0, 0.1) is 0 Å². The summed E-state index contributed by atoms with van der Waals surface area (Å²) in [5, 5.41) is 13.0. The minimum absolute atomic E-state index is 0.0849. The van der Waals surface area contributed by atoms with E-state index >= 15 is 0 Å². The Labute approximate surface area is 120 Å². The number of hydrogen-bond acceptors (Lipinski definition) is 4. The number of hydrogen-bond donors (Lipinski definition) is 2. The van der Waals surface area contributed by atoms with Crippen molar-refractivity contribution in [2.45, 2.75) is 19.9 Å². The van der Waals surface area contributed by atoms with Gasteiger partial charge in [0, 0.05) is 19.6 Å². The van der Waals surface area contributed by atoms with Crippen molar-refractivity contribution in [3.63, 3.8) is 0 Å². The lowest BCUT2D eigenvalue weighted by Crippen LogP contribution is -2.28. The molecule has 19 heavy (non-hydrogen) atoms. The van der Waals surface area contributed by atoms with Gasteiger partial charge in [0.05, 0.1) is 17.3 Å². The molecule has 1 aromatic heterocycles. The van der Waals surface area contributed by atoms with Gasteiger partial charge in [-0.15, -0.1) is 6.58 Å². The number of anilines is 1. The lowest BCUT2D eigenvalue weighted by Gasteiger charge is -2.22. The first-order chi connectivity index (χ1) is 9.22. The van der Waals surface area contributed by atoms with Gasteiger partial charge in [0.25, 0.3) is 0 Å². The quantitative estimate of drug-likeness (QED) is 0.539. The maximum atomic E-state index is 9.08. The first-order valence-electron chi connectivity index (χ1n) is 6.55. The third-order valence-corrected chi connectivity index (χ3v) is 3.01. The van der Waals surface area contributed by atoms with E-state index in [0.29, 0.717) is 24.7 Å². The molecule has 0 fully saturated rings. The highest BCUT2D eigenvalue weighted by Crippen LogP contribution is 2.19. The van der Waals surface area contributed by atoms with E-state index in [1.807, 2.05) is 17.0 Å². The summed E-state index contributed by atoms with van der Waals surface area (Å²) >= 11 is 6.14. The maximum absolute atomic E-state index is 9.08. The first kappa shape index (κ1) is 16.0. The molecule has 1 aromatic rings. The molecule has 0 saturated carbocycles. The van der Waals surface area contributed by atoms with Crippen molar-refractivity contribution in [1.29, 1.82) is 0 Å². The molecule has 0 aliphatic carbocycles. The molecular formula is C14H22ClN3O. The normalized spacial score (nSPS) is 10.5. The molecule has 0 atom stereocenters. The molecular weight excluding hydrogens is 262 g/mol. The predicted molar refractivity (Wildman–Crippen MR) is 80.7 cm³/mol. The van der Waals surface area contributed by atoms with Gasteiger partial charge in [-0.05, 0) is 25.1 Å². The second kappa shape index (κ2) is 8.91. The fourth-order valence-electron chi connectivity index (χ4n) is 1.73. The second-order valence-electron chi connectivity index (χ2n) is 4.23. The highest BCUT2D eigenvalue weighted by atomic mass is 35.5. The van der Waals surface area contributed by atoms with Gasteiger partial charge in [0.2, 0.25) is 0 Å². The molecule has 4 nitrogen and oxygen atoms in total. The van der Waals surface area contributed by atoms with Crippen LogP contribution >= 0.6 is 11.6 Å². The number of nitrogens with one attached hydrogen (secondary N) is 1. The van der Waals surface area contributed by atoms with Crippen molar-refractivity contribution in [3.05, 3.63) is 35.5 Å². The van der Waals surface area contributed by atoms with Crippen molar-refractivity contribution in [1.82, 2.24) is 10.3 Å². The highest BCUT2D eigenvalue weighted by molar-refractivity contribution is 6.31. The monoisotopic (exact) mass is 283 g/mol. The molecule has 0 amide bonds. The molecule has 0 aromatic carbocycles. The Balaban J connectivity index is 2.82. The molecule has 0 unspecified atom stereocenters. The molecule has 0 spiro atoms. The molecule has 2 N–H and O–H groups in total. The molecule has 0 aliphatic rings. The van der Waals surface area contributed by atoms with Gasteiger partial charge >= 0.3 is 0 Å². The van der Waals surface area contributed by atoms with Crippen LogP contribution in [0.4, 0.5) is 5.82 Å². The summed E-state index contributed by atoms with van der Waals surface area (Å²) in [6.45, 7) is 8.70. The van der Waals surface area contributed by atoms with Gasteiger partial charge in [0.1, 0.15) is 5.82 Å². The lowest BCUT2D eigenvalue weighted by atomic mass is 10.3. The Bertz CT molecular complexity index is 398. The van der Waals surface area contributed by atoms with Gasteiger partial charge in [-0.3, -0.25) is 0 Å². The lowest BCUT2D eigenvalue weighted by molar-refractivity contribution is 0.302. The smallest absolute Gasteiger partial charge is 0.129 e. The fraction of sp³-hybridized carbons (Fsp3) is 0.500. The minimum atomic E-state index is 0.0849. The molecule has 0 radical (unpaired) electrons. The Hall–Kier alpha value is -1.10. The highest BCUT2D eigenvalue weighted by Gasteiger charge is 2.09. The van der Waals surface area contributed by atoms with E-state index in [1.165, 1.54) is 0 Å². The predicted octanol–water partition coefficient (Wildman–Crippen LogP) is 2.22. The van der Waals surface area contributed by atoms with E-state index in [-0.39, 0.29) is 6.61 Å². The standard InChI is InChI=1S/C14H22ClN3O/c1-3-7-16-11-13-12(15)5-6-14(17-13)18(8-4-2)9-10-19/h4-6,16,19H,2-3,7-11H2,1H3. The Morgan fingerprint density at radius 3 is 2.95 bits per heavy atom. The zero-order valence-electron chi connectivity index (χ0n) is 11.4. The summed E-state index contributed by atoms with van der Waals surface area (Å²) in [5.74, 6) is 0.812. The number of aliphatic hydroxyl groups is 1. The van der Waals surface area contributed by atoms with Crippen LogP contribution in [0.5, 0.6) is 0 Å². The van der Waals surface area contributed by atoms with E-state index in [9.17, 15) is 0 Å². The van der Waals surface area contributed by atoms with E-state index in [1.54, 1.807) is 6.08 Å². The Kier molecular flexibility index (Phi) is 7.48. The van der Waals surface area contributed by atoms with Crippen LogP contribution in [0.3, 0.4) is 0 Å². The molecule has 0 saturated heterocycles. The van der Waals surface area contributed by atoms with Gasteiger partial charge in [-0.25, -0.2) is 4.98 Å². The molecule has 106 valence electrons. The summed E-state index contributed by atoms with van der Waals surface area (Å²) in [6, 6.07) is 3.71. The summed E-state index contributed by atoms with van der Waals surface area (Å²) < 4.78 is 0. The van der Waals surface area contributed by atoms with Crippen LogP contribution in [-0.4, -0.2) is 36.3 Å². The van der Waals surface area contributed by atoms with Crippen molar-refractivity contribution < 1.29 is 5.11 Å². The van der Waals surface area contributed by atoms with Crippen LogP contribution in [-0.2, 0) is 6.54 Å². The number of aliphatic hydroxyl groups excluding tert-OH is 1. The summed E-state index contributed by atoms with van der Waals surface area (Å²) in [4.78, 5) is 6.52. The van der Waals surface area contributed by atoms with Crippen molar-refractivity contribution in [2.75, 3.05) is 31.1 Å². The van der Waals surface area contributed by atoms with E-state index in [0.717, 1.165) is 24.5 Å². The van der Waals surface area contributed by atoms with Gasteiger partial charge in [-0.2, -0.15) is 0 Å². The zero-order chi connectivity index (χ0) is 14.1. The molecule has 0 bridgehead atoms. The van der Waals surface area contributed by atoms with E-state index in [4.69, 9.17) is 16.7 Å². The molecule has 1 heterocycles. The fourth-order valence-corrected chi connectivity index (χ4v) is 1.90. The zero-order valence-corrected chi connectivity index (χ0v) is 12.2. The van der Waals surface area contributed by atoms with Crippen molar-refractivity contribution >= 4 is 17.4 Å². The molecule has 1 rings (SSSR count). The maximum Gasteiger partial charge on any atom is 0.129 e. The Morgan fingerprint density at radius 2 is 2.32 bits per heavy atom. The van der Waals surface area contributed by atoms with Crippen LogP contribution in [0.15, 0.2) is 24.8 Å². The number of nitrogens with zero attached hydrogens (tertiary/aromatic N) is 2. The number of pyridine rings is 1. The third-order valence-electron chi connectivity index (χ3n) is 2.67. The number of halogens is 1. The SMILES string of the molecule is C=CCN(CCO)c1ccc(Cl)c(CNCCC)n1. The topological polar surface area (TPSA) is 48.4 Å². The summed E-state index contributed by atoms with van der Waals surface area (Å²) in [6.07, 6.45) is 2.87. The average molecular weight is 284 g/mol. The van der Waals surface area contributed by atoms with Gasteiger partial charge < -0.3 is 15.3 Å². The largest absolute Gasteiger partial charge is 0.395 e.